The quantitative estimate of drug-likeness (QED) is 0.349. The Hall–Kier alpha value is -0.920. The van der Waals surface area contributed by atoms with E-state index in [0.29, 0.717) is 0 Å². The molecule has 0 bridgehead atoms. The lowest BCUT2D eigenvalue weighted by Crippen LogP contribution is -2.14. The molecule has 0 heterocycles. The van der Waals surface area contributed by atoms with Gasteiger partial charge in [0, 0.05) is 0 Å². The number of rotatable bonds is 12. The summed E-state index contributed by atoms with van der Waals surface area (Å²) in [5, 5.41) is 0. The molecule has 0 amide bonds. The molecule has 0 atom stereocenters. The van der Waals surface area contributed by atoms with Crippen molar-refractivity contribution in [3.05, 3.63) is 25.7 Å². The van der Waals surface area contributed by atoms with E-state index in [1.165, 1.54) is 64.2 Å². The molecule has 2 heteroatoms. The van der Waals surface area contributed by atoms with Crippen LogP contribution in [0.15, 0.2) is 25.7 Å². The fourth-order valence-corrected chi connectivity index (χ4v) is 3.21. The molecule has 20 heavy (non-hydrogen) atoms. The lowest BCUT2D eigenvalue weighted by atomic mass is 9.78. The number of unbranched alkanes of at least 4 members (excludes halogenated alkanes) is 2. The minimum absolute atomic E-state index is 0.839. The van der Waals surface area contributed by atoms with Crippen molar-refractivity contribution < 1.29 is 9.47 Å². The van der Waals surface area contributed by atoms with E-state index in [4.69, 9.17) is 9.47 Å². The molecule has 1 aliphatic carbocycles. The van der Waals surface area contributed by atoms with Crippen LogP contribution in [-0.2, 0) is 9.47 Å². The van der Waals surface area contributed by atoms with Crippen LogP contribution in [0.5, 0.6) is 0 Å². The summed E-state index contributed by atoms with van der Waals surface area (Å²) in [5.74, 6) is 1.94. The lowest BCUT2D eigenvalue weighted by molar-refractivity contribution is 0.212. The van der Waals surface area contributed by atoms with Gasteiger partial charge in [-0.05, 0) is 37.5 Å². The Labute approximate surface area is 125 Å². The third-order valence-electron chi connectivity index (χ3n) is 4.45. The second kappa shape index (κ2) is 11.9. The third-order valence-corrected chi connectivity index (χ3v) is 4.45. The van der Waals surface area contributed by atoms with E-state index in [-0.39, 0.29) is 0 Å². The minimum Gasteiger partial charge on any atom is -0.502 e. The first kappa shape index (κ1) is 17.1. The Bertz CT molecular complexity index is 216. The molecule has 1 aliphatic rings. The molecule has 0 aromatic carbocycles. The highest BCUT2D eigenvalue weighted by molar-refractivity contribution is 4.73. The van der Waals surface area contributed by atoms with Crippen LogP contribution in [0.1, 0.15) is 64.2 Å². The van der Waals surface area contributed by atoms with Crippen LogP contribution in [0.3, 0.4) is 0 Å². The zero-order valence-corrected chi connectivity index (χ0v) is 13.0. The van der Waals surface area contributed by atoms with E-state index in [0.717, 1.165) is 25.0 Å². The average molecular weight is 280 g/mol. The van der Waals surface area contributed by atoms with Crippen molar-refractivity contribution in [2.24, 2.45) is 11.8 Å². The van der Waals surface area contributed by atoms with Crippen LogP contribution in [0.2, 0.25) is 0 Å². The van der Waals surface area contributed by atoms with Gasteiger partial charge in [-0.3, -0.25) is 0 Å². The van der Waals surface area contributed by atoms with Gasteiger partial charge in [-0.2, -0.15) is 0 Å². The predicted octanol–water partition coefficient (Wildman–Crippen LogP) is 5.45. The summed E-state index contributed by atoms with van der Waals surface area (Å²) in [7, 11) is 0. The van der Waals surface area contributed by atoms with Crippen LogP contribution < -0.4 is 0 Å². The first-order valence-electron chi connectivity index (χ1n) is 8.31. The molecule has 2 nitrogen and oxygen atoms in total. The highest BCUT2D eigenvalue weighted by Gasteiger charge is 2.20. The molecule has 0 unspecified atom stereocenters. The van der Waals surface area contributed by atoms with E-state index >= 15 is 0 Å². The first-order chi connectivity index (χ1) is 9.86. The van der Waals surface area contributed by atoms with Gasteiger partial charge >= 0.3 is 0 Å². The van der Waals surface area contributed by atoms with Crippen molar-refractivity contribution >= 4 is 0 Å². The lowest BCUT2D eigenvalue weighted by Gasteiger charge is -2.28. The smallest absolute Gasteiger partial charge is 0.0873 e. The summed E-state index contributed by atoms with van der Waals surface area (Å²) in [5.41, 5.74) is 0. The summed E-state index contributed by atoms with van der Waals surface area (Å²) in [4.78, 5) is 0. The standard InChI is InChI=1S/C18H32O2/c1-3-19-15-7-5-9-17-11-13-18(14-12-17)10-6-8-16-20-4-2/h3-4,17-18H,1-2,5-16H2. The van der Waals surface area contributed by atoms with Crippen LogP contribution >= 0.6 is 0 Å². The fraction of sp³-hybridized carbons (Fsp3) is 0.778. The van der Waals surface area contributed by atoms with Gasteiger partial charge in [-0.1, -0.05) is 51.7 Å². The van der Waals surface area contributed by atoms with E-state index in [2.05, 4.69) is 13.2 Å². The molecule has 1 rings (SSSR count). The molecule has 1 fully saturated rings. The summed E-state index contributed by atoms with van der Waals surface area (Å²) >= 11 is 0. The van der Waals surface area contributed by atoms with E-state index in [9.17, 15) is 0 Å². The van der Waals surface area contributed by atoms with Crippen molar-refractivity contribution in [1.29, 1.82) is 0 Å². The number of hydrogen-bond acceptors (Lipinski definition) is 2. The van der Waals surface area contributed by atoms with Crippen LogP contribution in [0.4, 0.5) is 0 Å². The summed E-state index contributed by atoms with van der Waals surface area (Å²) in [6.07, 6.45) is 16.6. The Morgan fingerprint density at radius 1 is 0.700 bits per heavy atom. The van der Waals surface area contributed by atoms with E-state index < -0.39 is 0 Å². The molecule has 1 saturated carbocycles. The summed E-state index contributed by atoms with van der Waals surface area (Å²) in [6.45, 7) is 8.80. The Morgan fingerprint density at radius 3 is 1.45 bits per heavy atom. The average Bonchev–Trinajstić information content (AvgIpc) is 2.48. The van der Waals surface area contributed by atoms with Crippen LogP contribution in [-0.4, -0.2) is 13.2 Å². The zero-order valence-electron chi connectivity index (χ0n) is 13.0. The summed E-state index contributed by atoms with van der Waals surface area (Å²) in [6, 6.07) is 0. The Morgan fingerprint density at radius 2 is 1.10 bits per heavy atom. The van der Waals surface area contributed by atoms with Gasteiger partial charge in [-0.15, -0.1) is 0 Å². The van der Waals surface area contributed by atoms with Gasteiger partial charge in [0.1, 0.15) is 0 Å². The van der Waals surface area contributed by atoms with Gasteiger partial charge in [0.05, 0.1) is 25.7 Å². The monoisotopic (exact) mass is 280 g/mol. The zero-order chi connectivity index (χ0) is 14.5. The van der Waals surface area contributed by atoms with Gasteiger partial charge in [0.2, 0.25) is 0 Å². The van der Waals surface area contributed by atoms with Crippen molar-refractivity contribution in [2.75, 3.05) is 13.2 Å². The van der Waals surface area contributed by atoms with E-state index in [1.54, 1.807) is 12.5 Å². The molecule has 116 valence electrons. The van der Waals surface area contributed by atoms with Crippen molar-refractivity contribution in [3.63, 3.8) is 0 Å². The maximum atomic E-state index is 5.16. The second-order valence-corrected chi connectivity index (χ2v) is 5.95. The van der Waals surface area contributed by atoms with Gasteiger partial charge in [-0.25, -0.2) is 0 Å². The van der Waals surface area contributed by atoms with Crippen molar-refractivity contribution in [2.45, 2.75) is 64.2 Å². The fourth-order valence-electron chi connectivity index (χ4n) is 3.21. The van der Waals surface area contributed by atoms with Crippen molar-refractivity contribution in [1.82, 2.24) is 0 Å². The molecular weight excluding hydrogens is 248 g/mol. The maximum Gasteiger partial charge on any atom is 0.0873 e. The molecule has 0 N–H and O–H groups in total. The molecule has 0 spiro atoms. The first-order valence-corrected chi connectivity index (χ1v) is 8.31. The minimum atomic E-state index is 0.839. The Kier molecular flexibility index (Phi) is 10.2. The maximum absolute atomic E-state index is 5.16. The SMILES string of the molecule is C=COCCCCC1CCC(CCCCOC=C)CC1. The van der Waals surface area contributed by atoms with Gasteiger partial charge in [0.15, 0.2) is 0 Å². The highest BCUT2D eigenvalue weighted by Crippen LogP contribution is 2.34. The number of ether oxygens (including phenoxy) is 2. The van der Waals surface area contributed by atoms with Crippen LogP contribution in [0.25, 0.3) is 0 Å². The molecular formula is C18H32O2. The molecule has 0 aromatic rings. The third kappa shape index (κ3) is 8.29. The number of hydrogen-bond donors (Lipinski definition) is 0. The van der Waals surface area contributed by atoms with Gasteiger partial charge < -0.3 is 9.47 Å². The molecule has 0 radical (unpaired) electrons. The van der Waals surface area contributed by atoms with Crippen molar-refractivity contribution in [3.8, 4) is 0 Å². The van der Waals surface area contributed by atoms with Gasteiger partial charge in [0.25, 0.3) is 0 Å². The largest absolute Gasteiger partial charge is 0.502 e. The predicted molar refractivity (Wildman–Crippen MR) is 85.4 cm³/mol. The Balaban J connectivity index is 1.94. The normalized spacial score (nSPS) is 22.2. The molecule has 0 aliphatic heterocycles. The highest BCUT2D eigenvalue weighted by atomic mass is 16.5. The van der Waals surface area contributed by atoms with E-state index in [1.807, 2.05) is 0 Å². The summed E-state index contributed by atoms with van der Waals surface area (Å²) < 4.78 is 10.3. The second-order valence-electron chi connectivity index (χ2n) is 5.95. The molecule has 0 saturated heterocycles. The molecule has 0 aromatic heterocycles. The van der Waals surface area contributed by atoms with Crippen LogP contribution in [0, 0.1) is 11.8 Å². The topological polar surface area (TPSA) is 18.5 Å².